The number of urea groups is 1. The van der Waals surface area contributed by atoms with Gasteiger partial charge in [0, 0.05) is 68.6 Å². The second-order valence-electron chi connectivity index (χ2n) is 8.22. The number of fused-ring (bicyclic) bond motifs is 1. The van der Waals surface area contributed by atoms with E-state index in [1.54, 1.807) is 25.5 Å². The van der Waals surface area contributed by atoms with E-state index in [9.17, 15) is 9.59 Å². The summed E-state index contributed by atoms with van der Waals surface area (Å²) in [4.78, 5) is 46.4. The van der Waals surface area contributed by atoms with Crippen LogP contribution in [0.1, 0.15) is 0 Å². The monoisotopic (exact) mass is 500 g/mol. The van der Waals surface area contributed by atoms with Gasteiger partial charge in [0.15, 0.2) is 23.3 Å². The van der Waals surface area contributed by atoms with Crippen LogP contribution < -0.4 is 10.2 Å². The van der Waals surface area contributed by atoms with Gasteiger partial charge in [0.25, 0.3) is 5.91 Å². The van der Waals surface area contributed by atoms with Crippen molar-refractivity contribution in [1.29, 1.82) is 0 Å². The quantitative estimate of drug-likeness (QED) is 0.488. The second-order valence-corrected chi connectivity index (χ2v) is 9.72. The van der Waals surface area contributed by atoms with Crippen molar-refractivity contribution < 1.29 is 9.59 Å². The molecular formula is C22H25ClN8O2S. The lowest BCUT2D eigenvalue weighted by molar-refractivity contribution is -0.127. The molecule has 0 radical (unpaired) electrons. The van der Waals surface area contributed by atoms with Gasteiger partial charge >= 0.3 is 6.03 Å². The normalized spacial score (nSPS) is 22.6. The summed E-state index contributed by atoms with van der Waals surface area (Å²) in [7, 11) is 1.67. The first-order valence-electron chi connectivity index (χ1n) is 11.1. The number of carbonyl (C=O) groups is 2. The van der Waals surface area contributed by atoms with Gasteiger partial charge in [-0.05, 0) is 24.3 Å². The van der Waals surface area contributed by atoms with E-state index in [0.717, 1.165) is 37.8 Å². The van der Waals surface area contributed by atoms with Crippen LogP contribution in [0, 0.1) is 0 Å². The predicted octanol–water partition coefficient (Wildman–Crippen LogP) is 1.59. The molecule has 2 atom stereocenters. The minimum absolute atomic E-state index is 0.314. The molecule has 34 heavy (non-hydrogen) atoms. The first-order chi connectivity index (χ1) is 16.5. The number of thioether (sulfide) groups is 1. The Balaban J connectivity index is 1.32. The van der Waals surface area contributed by atoms with E-state index in [1.165, 1.54) is 16.7 Å². The molecule has 2 fully saturated rings. The SMILES string of the molecule is CN1C(=O)NC(=O)C2C1N=C(N1CCN(c3cccc(Cl)c3)CC1)N2CCSc1ncccn1. The summed E-state index contributed by atoms with van der Waals surface area (Å²) in [6, 6.07) is 8.66. The molecule has 12 heteroatoms. The van der Waals surface area contributed by atoms with Crippen LogP contribution in [0.15, 0.2) is 52.9 Å². The number of likely N-dealkylation sites (N-methyl/N-ethyl adjacent to an activating group) is 1. The molecule has 0 bridgehead atoms. The van der Waals surface area contributed by atoms with Gasteiger partial charge in [-0.3, -0.25) is 10.1 Å². The third kappa shape index (κ3) is 4.49. The van der Waals surface area contributed by atoms with Crippen molar-refractivity contribution in [2.75, 3.05) is 50.4 Å². The van der Waals surface area contributed by atoms with Crippen molar-refractivity contribution in [1.82, 2.24) is 30.0 Å². The molecule has 1 aromatic carbocycles. The zero-order valence-electron chi connectivity index (χ0n) is 18.7. The fraction of sp³-hybridized carbons (Fsp3) is 0.409. The van der Waals surface area contributed by atoms with Crippen LogP contribution in [0.4, 0.5) is 10.5 Å². The van der Waals surface area contributed by atoms with E-state index in [4.69, 9.17) is 16.6 Å². The molecule has 0 aliphatic carbocycles. The number of aliphatic imine (C=N–C) groups is 1. The predicted molar refractivity (Wildman–Crippen MR) is 131 cm³/mol. The molecule has 2 unspecified atom stereocenters. The number of aromatic nitrogens is 2. The number of anilines is 1. The lowest BCUT2D eigenvalue weighted by Crippen LogP contribution is -2.64. The molecule has 5 rings (SSSR count). The van der Waals surface area contributed by atoms with E-state index < -0.39 is 18.2 Å². The summed E-state index contributed by atoms with van der Waals surface area (Å²) >= 11 is 7.70. The maximum atomic E-state index is 12.8. The molecule has 178 valence electrons. The number of hydrogen-bond donors (Lipinski definition) is 1. The van der Waals surface area contributed by atoms with Crippen LogP contribution in [0.2, 0.25) is 5.02 Å². The van der Waals surface area contributed by atoms with Crippen LogP contribution in [0.25, 0.3) is 0 Å². The Morgan fingerprint density at radius 3 is 2.56 bits per heavy atom. The number of amides is 3. The molecule has 2 aromatic rings. The van der Waals surface area contributed by atoms with Crippen LogP contribution >= 0.6 is 23.4 Å². The molecule has 0 saturated carbocycles. The summed E-state index contributed by atoms with van der Waals surface area (Å²) in [6.07, 6.45) is 2.88. The third-order valence-corrected chi connectivity index (χ3v) is 7.27. The molecule has 2 saturated heterocycles. The highest BCUT2D eigenvalue weighted by molar-refractivity contribution is 7.99. The standard InChI is InChI=1S/C22H25ClN8O2S/c1-28-18-17(19(32)27-22(28)33)31(12-13-34-20-24-6-3-7-25-20)21(26-18)30-10-8-29(9-11-30)16-5-2-4-15(23)14-16/h2-7,14,17-18H,8-13H2,1H3,(H,27,32,33). The van der Waals surface area contributed by atoms with E-state index in [2.05, 4.69) is 31.2 Å². The minimum atomic E-state index is -0.555. The van der Waals surface area contributed by atoms with Crippen molar-refractivity contribution >= 4 is 46.9 Å². The maximum Gasteiger partial charge on any atom is 0.325 e. The van der Waals surface area contributed by atoms with Gasteiger partial charge in [0.1, 0.15) is 0 Å². The largest absolute Gasteiger partial charge is 0.368 e. The number of benzene rings is 1. The molecule has 1 N–H and O–H groups in total. The highest BCUT2D eigenvalue weighted by Gasteiger charge is 2.49. The number of nitrogens with zero attached hydrogens (tertiary/aromatic N) is 7. The topological polar surface area (TPSA) is 97.3 Å². The first kappa shape index (κ1) is 22.7. The molecular weight excluding hydrogens is 476 g/mol. The smallest absolute Gasteiger partial charge is 0.325 e. The van der Waals surface area contributed by atoms with Crippen LogP contribution in [0.3, 0.4) is 0 Å². The lowest BCUT2D eigenvalue weighted by atomic mass is 10.1. The first-order valence-corrected chi connectivity index (χ1v) is 12.4. The van der Waals surface area contributed by atoms with Crippen LogP contribution in [-0.2, 0) is 4.79 Å². The number of carbonyl (C=O) groups excluding carboxylic acids is 2. The molecule has 10 nitrogen and oxygen atoms in total. The Bertz CT molecular complexity index is 1100. The summed E-state index contributed by atoms with van der Waals surface area (Å²) in [5.74, 6) is 1.12. The van der Waals surface area contributed by atoms with E-state index >= 15 is 0 Å². The fourth-order valence-electron chi connectivity index (χ4n) is 4.45. The number of guanidine groups is 1. The molecule has 1 aromatic heterocycles. The molecule has 3 amide bonds. The number of nitrogens with one attached hydrogen (secondary N) is 1. The van der Waals surface area contributed by atoms with Gasteiger partial charge in [0.2, 0.25) is 0 Å². The van der Waals surface area contributed by atoms with E-state index in [-0.39, 0.29) is 5.91 Å². The Labute approximate surface area is 207 Å². The average molecular weight is 501 g/mol. The molecule has 3 aliphatic heterocycles. The fourth-order valence-corrected chi connectivity index (χ4v) is 5.37. The number of rotatable bonds is 5. The van der Waals surface area contributed by atoms with E-state index in [1.807, 2.05) is 23.1 Å². The minimum Gasteiger partial charge on any atom is -0.368 e. The summed E-state index contributed by atoms with van der Waals surface area (Å²) in [5, 5.41) is 3.86. The summed E-state index contributed by atoms with van der Waals surface area (Å²) in [5.41, 5.74) is 1.09. The summed E-state index contributed by atoms with van der Waals surface area (Å²) < 4.78 is 0. The Morgan fingerprint density at radius 1 is 1.09 bits per heavy atom. The highest BCUT2D eigenvalue weighted by atomic mass is 35.5. The molecule has 3 aliphatic rings. The molecule has 4 heterocycles. The van der Waals surface area contributed by atoms with Crippen molar-refractivity contribution in [3.8, 4) is 0 Å². The van der Waals surface area contributed by atoms with Gasteiger partial charge in [-0.2, -0.15) is 0 Å². The number of imide groups is 1. The third-order valence-electron chi connectivity index (χ3n) is 6.18. The van der Waals surface area contributed by atoms with Crippen molar-refractivity contribution in [3.63, 3.8) is 0 Å². The van der Waals surface area contributed by atoms with Crippen LogP contribution in [-0.4, -0.2) is 100 Å². The van der Waals surface area contributed by atoms with Gasteiger partial charge in [-0.1, -0.05) is 29.4 Å². The van der Waals surface area contributed by atoms with Crippen molar-refractivity contribution in [2.24, 2.45) is 4.99 Å². The lowest BCUT2D eigenvalue weighted by Gasteiger charge is -2.41. The van der Waals surface area contributed by atoms with Gasteiger partial charge in [-0.15, -0.1) is 0 Å². The molecule has 0 spiro atoms. The Hall–Kier alpha value is -3.05. The Kier molecular flexibility index (Phi) is 6.46. The maximum absolute atomic E-state index is 12.8. The second kappa shape index (κ2) is 9.67. The zero-order chi connectivity index (χ0) is 23.7. The average Bonchev–Trinajstić information content (AvgIpc) is 3.24. The van der Waals surface area contributed by atoms with Gasteiger partial charge in [-0.25, -0.2) is 19.8 Å². The Morgan fingerprint density at radius 2 is 1.82 bits per heavy atom. The van der Waals surface area contributed by atoms with Crippen LogP contribution in [0.5, 0.6) is 0 Å². The van der Waals surface area contributed by atoms with E-state index in [0.29, 0.717) is 22.5 Å². The van der Waals surface area contributed by atoms with Gasteiger partial charge < -0.3 is 19.6 Å². The van der Waals surface area contributed by atoms with Crippen molar-refractivity contribution in [2.45, 2.75) is 17.4 Å². The number of hydrogen-bond acceptors (Lipinski definition) is 9. The van der Waals surface area contributed by atoms with Crippen molar-refractivity contribution in [3.05, 3.63) is 47.7 Å². The highest BCUT2D eigenvalue weighted by Crippen LogP contribution is 2.28. The van der Waals surface area contributed by atoms with Gasteiger partial charge in [0.05, 0.1) is 0 Å². The number of halogens is 1. The zero-order valence-corrected chi connectivity index (χ0v) is 20.2. The summed E-state index contributed by atoms with van der Waals surface area (Å²) in [6.45, 7) is 3.67. The number of piperazine rings is 1.